The second kappa shape index (κ2) is 7.82. The summed E-state index contributed by atoms with van der Waals surface area (Å²) in [6.07, 6.45) is 2.32. The van der Waals surface area contributed by atoms with Crippen LogP contribution < -0.4 is 10.6 Å². The van der Waals surface area contributed by atoms with Gasteiger partial charge in [-0.1, -0.05) is 0 Å². The van der Waals surface area contributed by atoms with Crippen molar-refractivity contribution in [1.29, 1.82) is 0 Å². The van der Waals surface area contributed by atoms with Crippen molar-refractivity contribution in [2.24, 2.45) is 0 Å². The number of carbonyl (C=O) groups excluding carboxylic acids is 2. The summed E-state index contributed by atoms with van der Waals surface area (Å²) in [6, 6.07) is 1.95. The quantitative estimate of drug-likeness (QED) is 0.686. The Bertz CT molecular complexity index is 638. The van der Waals surface area contributed by atoms with E-state index in [2.05, 4.69) is 10.6 Å². The summed E-state index contributed by atoms with van der Waals surface area (Å²) in [4.78, 5) is 27.9. The zero-order valence-electron chi connectivity index (χ0n) is 14.5. The van der Waals surface area contributed by atoms with Gasteiger partial charge in [0.25, 0.3) is 5.91 Å². The van der Waals surface area contributed by atoms with Crippen molar-refractivity contribution >= 4 is 23.2 Å². The minimum atomic E-state index is -0.371. The molecule has 25 heavy (non-hydrogen) atoms. The molecule has 0 aromatic carbocycles. The Kier molecular flexibility index (Phi) is 5.73. The number of hydrogen-bond acceptors (Lipinski definition) is 6. The van der Waals surface area contributed by atoms with Crippen molar-refractivity contribution < 1.29 is 19.4 Å². The highest BCUT2D eigenvalue weighted by atomic mass is 32.1. The Morgan fingerprint density at radius 3 is 2.84 bits per heavy atom. The van der Waals surface area contributed by atoms with Crippen LogP contribution in [0.1, 0.15) is 33.0 Å². The normalized spacial score (nSPS) is 18.9. The maximum Gasteiger partial charge on any atom is 0.261 e. The zero-order chi connectivity index (χ0) is 17.9. The van der Waals surface area contributed by atoms with E-state index in [1.54, 1.807) is 7.05 Å². The van der Waals surface area contributed by atoms with Crippen molar-refractivity contribution in [3.63, 3.8) is 0 Å². The van der Waals surface area contributed by atoms with Crippen LogP contribution in [0.15, 0.2) is 6.07 Å². The highest BCUT2D eigenvalue weighted by Gasteiger charge is 2.43. The summed E-state index contributed by atoms with van der Waals surface area (Å²) in [5, 5.41) is 14.5. The molecule has 0 atom stereocenters. The maximum absolute atomic E-state index is 12.2. The molecule has 0 unspecified atom stereocenters. The number of rotatable bonds is 5. The first-order chi connectivity index (χ1) is 12.1. The largest absolute Gasteiger partial charge is 0.395 e. The molecule has 1 aromatic heterocycles. The Morgan fingerprint density at radius 1 is 1.40 bits per heavy atom. The molecule has 7 nitrogen and oxygen atoms in total. The molecular formula is C17H25N3O4S. The van der Waals surface area contributed by atoms with Crippen molar-refractivity contribution in [2.75, 3.05) is 46.4 Å². The predicted octanol–water partition coefficient (Wildman–Crippen LogP) is 0.0800. The van der Waals surface area contributed by atoms with Crippen LogP contribution in [0, 0.1) is 0 Å². The standard InChI is InChI=1S/C17H25N3O4S/c1-18-11-14(22)20-6-3-17(4-7-20)15-12(2-9-24-17)10-13(25-15)16(23)19-5-8-21/h10,18,21H,2-9,11H2,1H3,(H,19,23). The van der Waals surface area contributed by atoms with E-state index < -0.39 is 0 Å². The highest BCUT2D eigenvalue weighted by Crippen LogP contribution is 2.45. The molecule has 0 aliphatic carbocycles. The Hall–Kier alpha value is -1.48. The minimum absolute atomic E-state index is 0.0691. The van der Waals surface area contributed by atoms with Gasteiger partial charge >= 0.3 is 0 Å². The van der Waals surface area contributed by atoms with Gasteiger partial charge in [-0.2, -0.15) is 0 Å². The van der Waals surface area contributed by atoms with Crippen molar-refractivity contribution in [3.8, 4) is 0 Å². The molecule has 1 aromatic rings. The number of nitrogens with zero attached hydrogens (tertiary/aromatic N) is 1. The zero-order valence-corrected chi connectivity index (χ0v) is 15.3. The number of hydrogen-bond donors (Lipinski definition) is 3. The van der Waals surface area contributed by atoms with Crippen LogP contribution in [0.3, 0.4) is 0 Å². The highest BCUT2D eigenvalue weighted by molar-refractivity contribution is 7.14. The summed E-state index contributed by atoms with van der Waals surface area (Å²) in [5.74, 6) is -0.0335. The molecule has 0 radical (unpaired) electrons. The summed E-state index contributed by atoms with van der Waals surface area (Å²) in [6.45, 7) is 2.53. The van der Waals surface area contributed by atoms with Crippen LogP contribution in [0.2, 0.25) is 0 Å². The molecule has 3 rings (SSSR count). The average Bonchev–Trinajstić information content (AvgIpc) is 3.06. The van der Waals surface area contributed by atoms with Crippen molar-refractivity contribution in [1.82, 2.24) is 15.5 Å². The molecule has 2 amide bonds. The number of nitrogens with one attached hydrogen (secondary N) is 2. The lowest BCUT2D eigenvalue weighted by Crippen LogP contribution is -2.49. The smallest absolute Gasteiger partial charge is 0.261 e. The van der Waals surface area contributed by atoms with Crippen molar-refractivity contribution in [2.45, 2.75) is 24.9 Å². The molecule has 1 fully saturated rings. The number of ether oxygens (including phenoxy) is 1. The summed E-state index contributed by atoms with van der Waals surface area (Å²) < 4.78 is 6.18. The third-order valence-corrected chi connectivity index (χ3v) is 6.21. The van der Waals surface area contributed by atoms with Gasteiger partial charge in [0.05, 0.1) is 24.6 Å². The van der Waals surface area contributed by atoms with E-state index in [1.807, 2.05) is 11.0 Å². The third kappa shape index (κ3) is 3.72. The van der Waals surface area contributed by atoms with E-state index in [4.69, 9.17) is 9.84 Å². The van der Waals surface area contributed by atoms with Crippen molar-refractivity contribution in [3.05, 3.63) is 21.4 Å². The molecule has 1 spiro atoms. The number of carbonyl (C=O) groups is 2. The number of likely N-dealkylation sites (tertiary alicyclic amines) is 1. The van der Waals surface area contributed by atoms with Crippen LogP contribution in [0.4, 0.5) is 0 Å². The molecule has 0 saturated carbocycles. The summed E-state index contributed by atoms with van der Waals surface area (Å²) in [7, 11) is 1.77. The van der Waals surface area contributed by atoms with Gasteiger partial charge in [0.2, 0.25) is 5.91 Å². The van der Waals surface area contributed by atoms with E-state index in [1.165, 1.54) is 16.9 Å². The number of fused-ring (bicyclic) bond motifs is 2. The first-order valence-electron chi connectivity index (χ1n) is 8.68. The lowest BCUT2D eigenvalue weighted by molar-refractivity contribution is -0.139. The van der Waals surface area contributed by atoms with Crippen LogP contribution in [-0.2, 0) is 21.6 Å². The van der Waals surface area contributed by atoms with Gasteiger partial charge in [-0.15, -0.1) is 11.3 Å². The maximum atomic E-state index is 12.2. The van der Waals surface area contributed by atoms with E-state index in [0.29, 0.717) is 31.1 Å². The summed E-state index contributed by atoms with van der Waals surface area (Å²) in [5.41, 5.74) is 0.810. The lowest BCUT2D eigenvalue weighted by Gasteiger charge is -2.43. The van der Waals surface area contributed by atoms with Gasteiger partial charge in [0, 0.05) is 24.5 Å². The number of aliphatic hydroxyl groups excluding tert-OH is 1. The van der Waals surface area contributed by atoms with Gasteiger partial charge in [-0.3, -0.25) is 9.59 Å². The number of aliphatic hydroxyl groups is 1. The molecule has 1 saturated heterocycles. The van der Waals surface area contributed by atoms with Crippen LogP contribution in [0.25, 0.3) is 0 Å². The monoisotopic (exact) mass is 367 g/mol. The lowest BCUT2D eigenvalue weighted by atomic mass is 9.85. The van der Waals surface area contributed by atoms with Gasteiger partial charge in [0.1, 0.15) is 5.60 Å². The number of likely N-dealkylation sites (N-methyl/N-ethyl adjacent to an activating group) is 1. The number of piperidine rings is 1. The van der Waals surface area contributed by atoms with E-state index in [0.717, 1.165) is 24.1 Å². The Labute approximate surface area is 151 Å². The Morgan fingerprint density at radius 2 is 2.16 bits per heavy atom. The van der Waals surface area contributed by atoms with Gasteiger partial charge in [0.15, 0.2) is 0 Å². The Balaban J connectivity index is 1.75. The number of amides is 2. The topological polar surface area (TPSA) is 90.9 Å². The molecule has 0 bridgehead atoms. The fraction of sp³-hybridized carbons (Fsp3) is 0.647. The molecule has 2 aliphatic rings. The van der Waals surface area contributed by atoms with Crippen LogP contribution in [0.5, 0.6) is 0 Å². The fourth-order valence-corrected chi connectivity index (χ4v) is 4.87. The average molecular weight is 367 g/mol. The molecule has 3 N–H and O–H groups in total. The van der Waals surface area contributed by atoms with Gasteiger partial charge < -0.3 is 25.4 Å². The summed E-state index contributed by atoms with van der Waals surface area (Å²) >= 11 is 1.48. The molecule has 8 heteroatoms. The van der Waals surface area contributed by atoms with Crippen LogP contribution >= 0.6 is 11.3 Å². The molecule has 138 valence electrons. The molecular weight excluding hydrogens is 342 g/mol. The molecule has 3 heterocycles. The van der Waals surface area contributed by atoms with Gasteiger partial charge in [-0.05, 0) is 37.9 Å². The SMILES string of the molecule is CNCC(=O)N1CCC2(CC1)OCCc1cc(C(=O)NCCO)sc12. The van der Waals surface area contributed by atoms with E-state index >= 15 is 0 Å². The first kappa shape index (κ1) is 18.3. The number of thiophene rings is 1. The second-order valence-electron chi connectivity index (χ2n) is 6.45. The molecule has 2 aliphatic heterocycles. The first-order valence-corrected chi connectivity index (χ1v) is 9.50. The van der Waals surface area contributed by atoms with E-state index in [9.17, 15) is 9.59 Å². The van der Waals surface area contributed by atoms with Gasteiger partial charge in [-0.25, -0.2) is 0 Å². The predicted molar refractivity (Wildman–Crippen MR) is 94.8 cm³/mol. The van der Waals surface area contributed by atoms with E-state index in [-0.39, 0.29) is 30.6 Å². The third-order valence-electron chi connectivity index (χ3n) is 4.85. The second-order valence-corrected chi connectivity index (χ2v) is 7.50. The van der Waals surface area contributed by atoms with Crippen LogP contribution in [-0.4, -0.2) is 68.3 Å². The fourth-order valence-electron chi connectivity index (χ4n) is 3.54. The minimum Gasteiger partial charge on any atom is -0.395 e.